The number of benzene rings is 2. The number of aryl methyl sites for hydroxylation is 1. The molecule has 10 heteroatoms. The average molecular weight is 534 g/mol. The second-order valence-electron chi connectivity index (χ2n) is 8.88. The predicted octanol–water partition coefficient (Wildman–Crippen LogP) is 3.50. The van der Waals surface area contributed by atoms with Gasteiger partial charge in [-0.3, -0.25) is 13.9 Å². The van der Waals surface area contributed by atoms with Crippen molar-refractivity contribution in [3.8, 4) is 11.5 Å². The van der Waals surface area contributed by atoms with Crippen LogP contribution in [0.25, 0.3) is 0 Å². The number of methoxy groups -OCH3 is 2. The van der Waals surface area contributed by atoms with E-state index in [0.717, 1.165) is 34.5 Å². The lowest BCUT2D eigenvalue weighted by Gasteiger charge is -2.33. The molecule has 1 atom stereocenters. The Morgan fingerprint density at radius 2 is 1.70 bits per heavy atom. The number of rotatable bonds is 14. The smallest absolute Gasteiger partial charge is 0.244 e. The number of sulfonamides is 1. The maximum atomic E-state index is 13.8. The summed E-state index contributed by atoms with van der Waals surface area (Å²) >= 11 is 0. The molecule has 204 valence electrons. The zero-order valence-corrected chi connectivity index (χ0v) is 23.4. The lowest BCUT2D eigenvalue weighted by atomic mass is 10.1. The van der Waals surface area contributed by atoms with Crippen LogP contribution in [-0.2, 0) is 26.2 Å². The Kier molecular flexibility index (Phi) is 11.2. The van der Waals surface area contributed by atoms with Crippen molar-refractivity contribution in [1.82, 2.24) is 10.2 Å². The maximum Gasteiger partial charge on any atom is 0.244 e. The molecule has 0 aliphatic heterocycles. The van der Waals surface area contributed by atoms with Crippen molar-refractivity contribution in [3.63, 3.8) is 0 Å². The Morgan fingerprint density at radius 1 is 1.03 bits per heavy atom. The van der Waals surface area contributed by atoms with Crippen LogP contribution in [0.3, 0.4) is 0 Å². The second-order valence-corrected chi connectivity index (χ2v) is 10.8. The number of carbonyl (C=O) groups excluding carboxylic acids is 2. The van der Waals surface area contributed by atoms with Crippen molar-refractivity contribution in [2.24, 2.45) is 0 Å². The summed E-state index contributed by atoms with van der Waals surface area (Å²) in [5.74, 6) is -0.0850. The van der Waals surface area contributed by atoms with Crippen molar-refractivity contribution in [2.75, 3.05) is 37.9 Å². The number of hydrogen-bond donors (Lipinski definition) is 1. The molecule has 2 amide bonds. The average Bonchev–Trinajstić information content (AvgIpc) is 2.87. The SMILES string of the molecule is CCCCNC(=O)C(CC)N(Cc1ccc(C)cc1)C(=O)CN(c1cc(OC)ccc1OC)S(C)(=O)=O. The number of nitrogens with zero attached hydrogens (tertiary/aromatic N) is 2. The van der Waals surface area contributed by atoms with Gasteiger partial charge in [0.2, 0.25) is 21.8 Å². The highest BCUT2D eigenvalue weighted by molar-refractivity contribution is 7.92. The highest BCUT2D eigenvalue weighted by Gasteiger charge is 2.32. The fourth-order valence-corrected chi connectivity index (χ4v) is 4.75. The standard InChI is InChI=1S/C27H39N3O6S/c1-7-9-16-28-27(32)23(8-2)29(18-21-12-10-20(3)11-13-21)26(31)19-30(37(6,33)34)24-17-22(35-4)14-15-25(24)36-5/h10-15,17,23H,7-9,16,18-19H2,1-6H3,(H,28,32). The van der Waals surface area contributed by atoms with Gasteiger partial charge in [0, 0.05) is 19.2 Å². The highest BCUT2D eigenvalue weighted by atomic mass is 32.2. The molecule has 0 aliphatic carbocycles. The van der Waals surface area contributed by atoms with E-state index in [1.54, 1.807) is 12.1 Å². The van der Waals surface area contributed by atoms with E-state index < -0.39 is 28.5 Å². The first-order valence-electron chi connectivity index (χ1n) is 12.4. The van der Waals surface area contributed by atoms with Crippen LogP contribution in [0.1, 0.15) is 44.2 Å². The van der Waals surface area contributed by atoms with E-state index >= 15 is 0 Å². The van der Waals surface area contributed by atoms with Gasteiger partial charge in [-0.2, -0.15) is 0 Å². The first-order chi connectivity index (χ1) is 17.5. The first-order valence-corrected chi connectivity index (χ1v) is 14.2. The Bertz CT molecular complexity index is 1150. The van der Waals surface area contributed by atoms with Crippen molar-refractivity contribution in [2.45, 2.75) is 52.6 Å². The summed E-state index contributed by atoms with van der Waals surface area (Å²) in [4.78, 5) is 28.4. The van der Waals surface area contributed by atoms with Gasteiger partial charge in [-0.25, -0.2) is 8.42 Å². The molecular weight excluding hydrogens is 494 g/mol. The van der Waals surface area contributed by atoms with Gasteiger partial charge in [-0.15, -0.1) is 0 Å². The van der Waals surface area contributed by atoms with E-state index in [1.165, 1.54) is 25.2 Å². The Hall–Kier alpha value is -3.27. The maximum absolute atomic E-state index is 13.8. The molecular formula is C27H39N3O6S. The molecule has 37 heavy (non-hydrogen) atoms. The van der Waals surface area contributed by atoms with Crippen LogP contribution in [0.5, 0.6) is 11.5 Å². The van der Waals surface area contributed by atoms with Gasteiger partial charge in [-0.1, -0.05) is 50.1 Å². The summed E-state index contributed by atoms with van der Waals surface area (Å²) in [6, 6.07) is 11.6. The van der Waals surface area contributed by atoms with E-state index in [9.17, 15) is 18.0 Å². The molecule has 2 aromatic carbocycles. The molecule has 0 spiro atoms. The molecule has 0 radical (unpaired) electrons. The number of ether oxygens (including phenoxy) is 2. The van der Waals surface area contributed by atoms with Crippen LogP contribution in [0.15, 0.2) is 42.5 Å². The van der Waals surface area contributed by atoms with E-state index in [0.29, 0.717) is 18.7 Å². The van der Waals surface area contributed by atoms with Crippen molar-refractivity contribution < 1.29 is 27.5 Å². The van der Waals surface area contributed by atoms with E-state index in [4.69, 9.17) is 9.47 Å². The monoisotopic (exact) mass is 533 g/mol. The zero-order chi connectivity index (χ0) is 27.6. The Balaban J connectivity index is 2.48. The molecule has 0 saturated heterocycles. The summed E-state index contributed by atoms with van der Waals surface area (Å²) in [5, 5.41) is 2.91. The second kappa shape index (κ2) is 13.9. The quantitative estimate of drug-likeness (QED) is 0.373. The minimum Gasteiger partial charge on any atom is -0.497 e. The van der Waals surface area contributed by atoms with Crippen molar-refractivity contribution in [3.05, 3.63) is 53.6 Å². The summed E-state index contributed by atoms with van der Waals surface area (Å²) in [6.45, 7) is 5.99. The third kappa shape index (κ3) is 8.38. The highest BCUT2D eigenvalue weighted by Crippen LogP contribution is 2.34. The van der Waals surface area contributed by atoms with E-state index in [2.05, 4.69) is 5.32 Å². The molecule has 0 bridgehead atoms. The van der Waals surface area contributed by atoms with Gasteiger partial charge in [0.05, 0.1) is 26.2 Å². The first kappa shape index (κ1) is 30.0. The number of anilines is 1. The lowest BCUT2D eigenvalue weighted by Crippen LogP contribution is -2.52. The number of unbranched alkanes of at least 4 members (excludes halogenated alkanes) is 1. The van der Waals surface area contributed by atoms with Crippen LogP contribution >= 0.6 is 0 Å². The molecule has 1 N–H and O–H groups in total. The summed E-state index contributed by atoms with van der Waals surface area (Å²) in [5.41, 5.74) is 2.08. The molecule has 0 saturated carbocycles. The minimum atomic E-state index is -3.90. The molecule has 1 unspecified atom stereocenters. The molecule has 0 heterocycles. The summed E-state index contributed by atoms with van der Waals surface area (Å²) in [6.07, 6.45) is 3.15. The molecule has 0 aromatic heterocycles. The minimum absolute atomic E-state index is 0.158. The normalized spacial score (nSPS) is 11.9. The molecule has 9 nitrogen and oxygen atoms in total. The van der Waals surface area contributed by atoms with Crippen LogP contribution in [0, 0.1) is 6.92 Å². The van der Waals surface area contributed by atoms with Crippen LogP contribution < -0.4 is 19.1 Å². The van der Waals surface area contributed by atoms with E-state index in [-0.39, 0.29) is 23.9 Å². The zero-order valence-electron chi connectivity index (χ0n) is 22.6. The van der Waals surface area contributed by atoms with Gasteiger partial charge in [0.15, 0.2) is 0 Å². The predicted molar refractivity (Wildman–Crippen MR) is 145 cm³/mol. The summed E-state index contributed by atoms with van der Waals surface area (Å²) < 4.78 is 37.4. The molecule has 0 aliphatic rings. The van der Waals surface area contributed by atoms with Crippen molar-refractivity contribution >= 4 is 27.5 Å². The number of amides is 2. The van der Waals surface area contributed by atoms with Crippen LogP contribution in [0.4, 0.5) is 5.69 Å². The number of hydrogen-bond acceptors (Lipinski definition) is 6. The Morgan fingerprint density at radius 3 is 2.24 bits per heavy atom. The van der Waals surface area contributed by atoms with Gasteiger partial charge in [0.1, 0.15) is 24.1 Å². The number of carbonyl (C=O) groups is 2. The van der Waals surface area contributed by atoms with Gasteiger partial charge < -0.3 is 19.7 Å². The third-order valence-electron chi connectivity index (χ3n) is 6.02. The van der Waals surface area contributed by atoms with Crippen molar-refractivity contribution in [1.29, 1.82) is 0 Å². The largest absolute Gasteiger partial charge is 0.497 e. The molecule has 2 rings (SSSR count). The molecule has 2 aromatic rings. The lowest BCUT2D eigenvalue weighted by molar-refractivity contribution is -0.140. The molecule has 0 fully saturated rings. The fourth-order valence-electron chi connectivity index (χ4n) is 3.90. The van der Waals surface area contributed by atoms with Crippen LogP contribution in [-0.4, -0.2) is 64.7 Å². The van der Waals surface area contributed by atoms with Gasteiger partial charge in [-0.05, 0) is 37.5 Å². The Labute approximate surface area is 220 Å². The topological polar surface area (TPSA) is 105 Å². The van der Waals surface area contributed by atoms with E-state index in [1.807, 2.05) is 45.0 Å². The van der Waals surface area contributed by atoms with Gasteiger partial charge in [0.25, 0.3) is 0 Å². The van der Waals surface area contributed by atoms with Crippen LogP contribution in [0.2, 0.25) is 0 Å². The number of nitrogens with one attached hydrogen (secondary N) is 1. The van der Waals surface area contributed by atoms with Gasteiger partial charge >= 0.3 is 0 Å². The summed E-state index contributed by atoms with van der Waals surface area (Å²) in [7, 11) is -1.02. The fraction of sp³-hybridized carbons (Fsp3) is 0.481. The third-order valence-corrected chi connectivity index (χ3v) is 7.15.